The highest BCUT2D eigenvalue weighted by atomic mass is 35.5. The van der Waals surface area contributed by atoms with Crippen LogP contribution in [0.2, 0.25) is 5.02 Å². The monoisotopic (exact) mass is 423 g/mol. The summed E-state index contributed by atoms with van der Waals surface area (Å²) < 4.78 is 18.8. The van der Waals surface area contributed by atoms with E-state index in [4.69, 9.17) is 16.3 Å². The second-order valence-electron chi connectivity index (χ2n) is 8.68. The standard InChI is InChI=1S/C21H27ClFN3O3/c1-11-4-19(24-9-11)21(28)26-18-8-17(12-5-13(18)6-12)25-20(27)10-29-14-2-3-15(22)16(23)7-14/h2-3,7,11-13,17-19,24H,4-6,8-10H2,1H3,(H,25,27)(H,26,28). The van der Waals surface area contributed by atoms with Crippen LogP contribution >= 0.6 is 11.6 Å². The lowest BCUT2D eigenvalue weighted by atomic mass is 9.60. The SMILES string of the molecule is CC1CNC(C(=O)NC2CC(NC(=O)COc3ccc(Cl)c(F)c3)C3CC2C3)C1. The van der Waals surface area contributed by atoms with Crippen molar-refractivity contribution < 1.29 is 18.7 Å². The normalized spacial score (nSPS) is 32.9. The van der Waals surface area contributed by atoms with Crippen LogP contribution < -0.4 is 20.7 Å². The Morgan fingerprint density at radius 3 is 2.55 bits per heavy atom. The molecule has 158 valence electrons. The molecule has 3 aliphatic carbocycles. The van der Waals surface area contributed by atoms with Crippen molar-refractivity contribution >= 4 is 23.4 Å². The van der Waals surface area contributed by atoms with Gasteiger partial charge in [-0.1, -0.05) is 18.5 Å². The van der Waals surface area contributed by atoms with Gasteiger partial charge in [0.15, 0.2) is 6.61 Å². The zero-order chi connectivity index (χ0) is 20.5. The molecule has 4 fully saturated rings. The fourth-order valence-corrected chi connectivity index (χ4v) is 4.85. The van der Waals surface area contributed by atoms with Crippen LogP contribution in [0, 0.1) is 23.6 Å². The molecule has 4 atom stereocenters. The zero-order valence-corrected chi connectivity index (χ0v) is 17.2. The number of ether oxygens (including phenoxy) is 1. The van der Waals surface area contributed by atoms with Gasteiger partial charge in [-0.05, 0) is 62.1 Å². The highest BCUT2D eigenvalue weighted by Crippen LogP contribution is 2.45. The number of carbonyl (C=O) groups excluding carboxylic acids is 2. The maximum absolute atomic E-state index is 13.5. The van der Waals surface area contributed by atoms with Gasteiger partial charge in [0, 0.05) is 18.2 Å². The molecule has 2 amide bonds. The minimum Gasteiger partial charge on any atom is -0.484 e. The van der Waals surface area contributed by atoms with Crippen LogP contribution in [0.3, 0.4) is 0 Å². The van der Waals surface area contributed by atoms with Crippen LogP contribution in [0.1, 0.15) is 32.6 Å². The van der Waals surface area contributed by atoms with Crippen LogP contribution in [0.5, 0.6) is 5.75 Å². The Bertz CT molecular complexity index is 786. The average Bonchev–Trinajstić information content (AvgIpc) is 3.08. The summed E-state index contributed by atoms with van der Waals surface area (Å²) >= 11 is 5.65. The molecular weight excluding hydrogens is 397 g/mol. The number of amides is 2. The number of rotatable bonds is 6. The summed E-state index contributed by atoms with van der Waals surface area (Å²) in [7, 11) is 0. The molecular formula is C21H27ClFN3O3. The topological polar surface area (TPSA) is 79.5 Å². The van der Waals surface area contributed by atoms with Gasteiger partial charge >= 0.3 is 0 Å². The van der Waals surface area contributed by atoms with E-state index in [0.29, 0.717) is 17.8 Å². The molecule has 3 saturated carbocycles. The van der Waals surface area contributed by atoms with Gasteiger partial charge in [0.25, 0.3) is 5.91 Å². The first-order valence-corrected chi connectivity index (χ1v) is 10.7. The van der Waals surface area contributed by atoms with E-state index >= 15 is 0 Å². The maximum Gasteiger partial charge on any atom is 0.258 e. The van der Waals surface area contributed by atoms with Crippen molar-refractivity contribution in [2.24, 2.45) is 17.8 Å². The van der Waals surface area contributed by atoms with Gasteiger partial charge in [-0.2, -0.15) is 0 Å². The van der Waals surface area contributed by atoms with E-state index in [1.807, 2.05) is 0 Å². The Hall–Kier alpha value is -1.86. The number of fused-ring (bicyclic) bond motifs is 2. The van der Waals surface area contributed by atoms with Crippen LogP contribution in [-0.2, 0) is 9.59 Å². The number of halogens is 2. The molecule has 0 radical (unpaired) electrons. The molecule has 29 heavy (non-hydrogen) atoms. The average molecular weight is 424 g/mol. The van der Waals surface area contributed by atoms with Crippen molar-refractivity contribution in [3.8, 4) is 5.75 Å². The van der Waals surface area contributed by atoms with Gasteiger partial charge in [0.2, 0.25) is 5.91 Å². The Kier molecular flexibility index (Phi) is 5.97. The van der Waals surface area contributed by atoms with E-state index in [1.165, 1.54) is 12.1 Å². The van der Waals surface area contributed by atoms with Crippen molar-refractivity contribution in [3.05, 3.63) is 29.0 Å². The molecule has 3 N–H and O–H groups in total. The van der Waals surface area contributed by atoms with Gasteiger partial charge in [0.1, 0.15) is 11.6 Å². The number of nitrogens with one attached hydrogen (secondary N) is 3. The molecule has 0 spiro atoms. The molecule has 5 rings (SSSR count). The molecule has 4 unspecified atom stereocenters. The third-order valence-electron chi connectivity index (χ3n) is 6.46. The van der Waals surface area contributed by atoms with E-state index in [0.717, 1.165) is 38.3 Å². The lowest BCUT2D eigenvalue weighted by Crippen LogP contribution is -2.61. The number of carbonyl (C=O) groups is 2. The van der Waals surface area contributed by atoms with Crippen molar-refractivity contribution in [1.29, 1.82) is 0 Å². The molecule has 0 aromatic heterocycles. The summed E-state index contributed by atoms with van der Waals surface area (Å²) in [5, 5.41) is 9.52. The second kappa shape index (κ2) is 8.48. The maximum atomic E-state index is 13.5. The zero-order valence-electron chi connectivity index (χ0n) is 16.4. The smallest absolute Gasteiger partial charge is 0.258 e. The quantitative estimate of drug-likeness (QED) is 0.655. The van der Waals surface area contributed by atoms with Gasteiger partial charge in [-0.25, -0.2) is 4.39 Å². The Labute approximate surface area is 174 Å². The van der Waals surface area contributed by atoms with Crippen LogP contribution in [0.4, 0.5) is 4.39 Å². The van der Waals surface area contributed by atoms with E-state index in [1.54, 1.807) is 0 Å². The lowest BCUT2D eigenvalue weighted by molar-refractivity contribution is -0.127. The van der Waals surface area contributed by atoms with E-state index < -0.39 is 5.82 Å². The van der Waals surface area contributed by atoms with E-state index in [9.17, 15) is 14.0 Å². The highest BCUT2D eigenvalue weighted by molar-refractivity contribution is 6.30. The minimum atomic E-state index is -0.581. The second-order valence-corrected chi connectivity index (χ2v) is 9.09. The molecule has 1 heterocycles. The molecule has 1 aromatic carbocycles. The largest absolute Gasteiger partial charge is 0.484 e. The number of hydrogen-bond acceptors (Lipinski definition) is 4. The molecule has 4 aliphatic rings. The van der Waals surface area contributed by atoms with Gasteiger partial charge in [0.05, 0.1) is 11.1 Å². The van der Waals surface area contributed by atoms with E-state index in [2.05, 4.69) is 22.9 Å². The summed E-state index contributed by atoms with van der Waals surface area (Å²) in [4.78, 5) is 24.9. The fraction of sp³-hybridized carbons (Fsp3) is 0.619. The predicted molar refractivity (Wildman–Crippen MR) is 107 cm³/mol. The highest BCUT2D eigenvalue weighted by Gasteiger charge is 2.47. The molecule has 1 aliphatic heterocycles. The first-order chi connectivity index (χ1) is 13.9. The summed E-state index contributed by atoms with van der Waals surface area (Å²) in [6.45, 7) is 2.84. The molecule has 6 nitrogen and oxygen atoms in total. The lowest BCUT2D eigenvalue weighted by Gasteiger charge is -2.51. The third kappa shape index (κ3) is 4.67. The summed E-state index contributed by atoms with van der Waals surface area (Å²) in [6, 6.07) is 4.10. The van der Waals surface area contributed by atoms with E-state index in [-0.39, 0.29) is 47.3 Å². The van der Waals surface area contributed by atoms with Crippen molar-refractivity contribution in [2.45, 2.75) is 50.7 Å². The number of benzene rings is 1. The third-order valence-corrected chi connectivity index (χ3v) is 6.77. The first kappa shape index (κ1) is 20.4. The molecule has 2 bridgehead atoms. The first-order valence-electron chi connectivity index (χ1n) is 10.3. The van der Waals surface area contributed by atoms with Gasteiger partial charge in [-0.3, -0.25) is 9.59 Å². The molecule has 1 saturated heterocycles. The van der Waals surface area contributed by atoms with Gasteiger partial charge in [-0.15, -0.1) is 0 Å². The van der Waals surface area contributed by atoms with Crippen LogP contribution in [-0.4, -0.2) is 43.1 Å². The van der Waals surface area contributed by atoms with Crippen LogP contribution in [0.15, 0.2) is 18.2 Å². The Morgan fingerprint density at radius 1 is 1.17 bits per heavy atom. The van der Waals surface area contributed by atoms with Crippen LogP contribution in [0.25, 0.3) is 0 Å². The summed E-state index contributed by atoms with van der Waals surface area (Å²) in [5.74, 6) is 0.986. The molecule has 8 heteroatoms. The van der Waals surface area contributed by atoms with Crippen molar-refractivity contribution in [2.75, 3.05) is 13.2 Å². The van der Waals surface area contributed by atoms with Crippen molar-refractivity contribution in [3.63, 3.8) is 0 Å². The summed E-state index contributed by atoms with van der Waals surface area (Å²) in [5.41, 5.74) is 0. The Balaban J connectivity index is 1.26. The number of hydrogen-bond donors (Lipinski definition) is 3. The minimum absolute atomic E-state index is 0.0129. The fourth-order valence-electron chi connectivity index (χ4n) is 4.74. The summed E-state index contributed by atoms with van der Waals surface area (Å²) in [6.07, 6.45) is 3.65. The van der Waals surface area contributed by atoms with Gasteiger partial charge < -0.3 is 20.7 Å². The predicted octanol–water partition coefficient (Wildman–Crippen LogP) is 2.26. The Morgan fingerprint density at radius 2 is 1.90 bits per heavy atom. The molecule has 1 aromatic rings. The van der Waals surface area contributed by atoms with Crippen molar-refractivity contribution in [1.82, 2.24) is 16.0 Å².